The van der Waals surface area contributed by atoms with E-state index >= 15 is 0 Å². The SMILES string of the molecule is CCN1N=CN(C(C)(C)C)C1C(F)(F)C(F)(F)F. The van der Waals surface area contributed by atoms with E-state index in [9.17, 15) is 22.0 Å². The Balaban J connectivity index is 3.16. The fraction of sp³-hybridized carbons (Fsp3) is 0.900. The molecule has 0 N–H and O–H groups in total. The summed E-state index contributed by atoms with van der Waals surface area (Å²) in [6.07, 6.45) is -6.71. The molecule has 0 spiro atoms. The molecule has 1 unspecified atom stereocenters. The van der Waals surface area contributed by atoms with Crippen molar-refractivity contribution in [3.05, 3.63) is 0 Å². The molecule has 0 aliphatic carbocycles. The predicted octanol–water partition coefficient (Wildman–Crippen LogP) is 2.89. The Hall–Kier alpha value is -1.08. The van der Waals surface area contributed by atoms with Crippen molar-refractivity contribution in [2.75, 3.05) is 6.54 Å². The average Bonchev–Trinajstić information content (AvgIpc) is 2.58. The highest BCUT2D eigenvalue weighted by Crippen LogP contribution is 2.43. The maximum atomic E-state index is 13.6. The highest BCUT2D eigenvalue weighted by Gasteiger charge is 2.67. The third kappa shape index (κ3) is 2.37. The van der Waals surface area contributed by atoms with E-state index in [0.717, 1.165) is 16.2 Å². The topological polar surface area (TPSA) is 18.8 Å². The van der Waals surface area contributed by atoms with Gasteiger partial charge in [0.25, 0.3) is 0 Å². The summed E-state index contributed by atoms with van der Waals surface area (Å²) >= 11 is 0. The lowest BCUT2D eigenvalue weighted by Crippen LogP contribution is -2.62. The molecule has 1 atom stereocenters. The molecule has 0 aromatic heterocycles. The Morgan fingerprint density at radius 2 is 1.61 bits per heavy atom. The van der Waals surface area contributed by atoms with E-state index in [1.807, 2.05) is 0 Å². The van der Waals surface area contributed by atoms with Crippen LogP contribution in [0.2, 0.25) is 0 Å². The summed E-state index contributed by atoms with van der Waals surface area (Å²) in [5.74, 6) is -4.85. The van der Waals surface area contributed by atoms with Crippen LogP contribution in [0.3, 0.4) is 0 Å². The molecule has 1 aliphatic heterocycles. The van der Waals surface area contributed by atoms with Gasteiger partial charge in [-0.15, -0.1) is 0 Å². The molecule has 106 valence electrons. The van der Waals surface area contributed by atoms with Crippen molar-refractivity contribution in [3.63, 3.8) is 0 Å². The van der Waals surface area contributed by atoms with Crippen molar-refractivity contribution in [3.8, 4) is 0 Å². The van der Waals surface area contributed by atoms with Gasteiger partial charge >= 0.3 is 12.1 Å². The maximum Gasteiger partial charge on any atom is 0.457 e. The Labute approximate surface area is 102 Å². The molecular formula is C10H16F5N3. The molecule has 0 fully saturated rings. The second-order valence-corrected chi connectivity index (χ2v) is 5.06. The van der Waals surface area contributed by atoms with Crippen molar-refractivity contribution in [1.29, 1.82) is 0 Å². The number of hydrogen-bond donors (Lipinski definition) is 0. The van der Waals surface area contributed by atoms with Crippen LogP contribution in [0.25, 0.3) is 0 Å². The molecule has 1 heterocycles. The molecule has 8 heteroatoms. The second-order valence-electron chi connectivity index (χ2n) is 5.06. The summed E-state index contributed by atoms with van der Waals surface area (Å²) in [6.45, 7) is 6.11. The van der Waals surface area contributed by atoms with E-state index in [2.05, 4.69) is 5.10 Å². The summed E-state index contributed by atoms with van der Waals surface area (Å²) in [6, 6.07) is 0. The van der Waals surface area contributed by atoms with Gasteiger partial charge < -0.3 is 4.90 Å². The number of rotatable bonds is 2. The van der Waals surface area contributed by atoms with E-state index in [0.29, 0.717) is 0 Å². The smallest absolute Gasteiger partial charge is 0.329 e. The summed E-state index contributed by atoms with van der Waals surface area (Å²) in [7, 11) is 0. The first-order valence-electron chi connectivity index (χ1n) is 5.46. The van der Waals surface area contributed by atoms with E-state index < -0.39 is 23.8 Å². The largest absolute Gasteiger partial charge is 0.457 e. The molecule has 18 heavy (non-hydrogen) atoms. The number of hydrazone groups is 1. The van der Waals surface area contributed by atoms with Gasteiger partial charge in [-0.05, 0) is 27.7 Å². The zero-order chi connectivity index (χ0) is 14.4. The van der Waals surface area contributed by atoms with Crippen LogP contribution in [0.5, 0.6) is 0 Å². The Morgan fingerprint density at radius 3 is 1.94 bits per heavy atom. The van der Waals surface area contributed by atoms with E-state index in [-0.39, 0.29) is 6.54 Å². The average molecular weight is 273 g/mol. The summed E-state index contributed by atoms with van der Waals surface area (Å²) in [5.41, 5.74) is -0.882. The lowest BCUT2D eigenvalue weighted by molar-refractivity contribution is -0.317. The molecule has 1 aliphatic rings. The Bertz CT molecular complexity index is 331. The van der Waals surface area contributed by atoms with Crippen LogP contribution >= 0.6 is 0 Å². The number of nitrogens with zero attached hydrogens (tertiary/aromatic N) is 3. The maximum absolute atomic E-state index is 13.6. The third-order valence-corrected chi connectivity index (χ3v) is 2.67. The molecule has 0 aromatic carbocycles. The minimum atomic E-state index is -5.61. The van der Waals surface area contributed by atoms with E-state index in [1.54, 1.807) is 20.8 Å². The minimum absolute atomic E-state index is 0.0284. The Morgan fingerprint density at radius 1 is 1.11 bits per heavy atom. The van der Waals surface area contributed by atoms with Gasteiger partial charge in [0.1, 0.15) is 6.34 Å². The van der Waals surface area contributed by atoms with E-state index in [4.69, 9.17) is 0 Å². The van der Waals surface area contributed by atoms with Crippen LogP contribution in [0, 0.1) is 0 Å². The van der Waals surface area contributed by atoms with Crippen molar-refractivity contribution in [1.82, 2.24) is 9.91 Å². The van der Waals surface area contributed by atoms with Crippen LogP contribution in [-0.4, -0.2) is 46.6 Å². The minimum Gasteiger partial charge on any atom is -0.329 e. The number of alkyl halides is 5. The molecule has 0 amide bonds. The third-order valence-electron chi connectivity index (χ3n) is 2.67. The zero-order valence-electron chi connectivity index (χ0n) is 10.6. The van der Waals surface area contributed by atoms with Crippen LogP contribution in [0.4, 0.5) is 22.0 Å². The fourth-order valence-corrected chi connectivity index (χ4v) is 1.69. The van der Waals surface area contributed by atoms with Crippen molar-refractivity contribution >= 4 is 6.34 Å². The molecule has 0 saturated heterocycles. The first-order valence-corrected chi connectivity index (χ1v) is 5.46. The van der Waals surface area contributed by atoms with Gasteiger partial charge in [-0.1, -0.05) is 0 Å². The van der Waals surface area contributed by atoms with Gasteiger partial charge in [0.15, 0.2) is 6.17 Å². The fourth-order valence-electron chi connectivity index (χ4n) is 1.69. The summed E-state index contributed by atoms with van der Waals surface area (Å²) in [5, 5.41) is 4.37. The molecule has 3 nitrogen and oxygen atoms in total. The first kappa shape index (κ1) is 15.0. The lowest BCUT2D eigenvalue weighted by Gasteiger charge is -2.42. The van der Waals surface area contributed by atoms with Crippen LogP contribution in [0.1, 0.15) is 27.7 Å². The van der Waals surface area contributed by atoms with Gasteiger partial charge in [-0.25, -0.2) is 0 Å². The molecule has 0 saturated carbocycles. The predicted molar refractivity (Wildman–Crippen MR) is 57.3 cm³/mol. The molecule has 0 radical (unpaired) electrons. The highest BCUT2D eigenvalue weighted by molar-refractivity contribution is 5.58. The van der Waals surface area contributed by atoms with Crippen molar-refractivity contribution in [2.24, 2.45) is 5.10 Å². The second kappa shape index (κ2) is 4.24. The first-order chi connectivity index (χ1) is 7.93. The van der Waals surface area contributed by atoms with Crippen molar-refractivity contribution in [2.45, 2.75) is 51.5 Å². The van der Waals surface area contributed by atoms with Crippen LogP contribution in [0.15, 0.2) is 5.10 Å². The number of halogens is 5. The van der Waals surface area contributed by atoms with E-state index in [1.165, 1.54) is 6.92 Å². The van der Waals surface area contributed by atoms with Gasteiger partial charge in [0, 0.05) is 12.1 Å². The Kier molecular flexibility index (Phi) is 3.53. The normalized spacial score (nSPS) is 21.9. The summed E-state index contributed by atoms with van der Waals surface area (Å²) < 4.78 is 64.6. The van der Waals surface area contributed by atoms with Crippen LogP contribution < -0.4 is 0 Å². The standard InChI is InChI=1S/C10H16F5N3/c1-5-18-7(9(11,12)10(13,14)15)17(6-16-18)8(2,3)4/h6-7H,5H2,1-4H3. The zero-order valence-corrected chi connectivity index (χ0v) is 10.6. The quantitative estimate of drug-likeness (QED) is 0.720. The van der Waals surface area contributed by atoms with Gasteiger partial charge in [0.05, 0.1) is 0 Å². The summed E-state index contributed by atoms with van der Waals surface area (Å²) in [4.78, 5) is 0.935. The van der Waals surface area contributed by atoms with Gasteiger partial charge in [0.2, 0.25) is 0 Å². The van der Waals surface area contributed by atoms with Crippen LogP contribution in [-0.2, 0) is 0 Å². The molecule has 1 rings (SSSR count). The highest BCUT2D eigenvalue weighted by atomic mass is 19.4. The molecule has 0 aromatic rings. The van der Waals surface area contributed by atoms with Crippen molar-refractivity contribution < 1.29 is 22.0 Å². The lowest BCUT2D eigenvalue weighted by atomic mass is 10.0. The van der Waals surface area contributed by atoms with Gasteiger partial charge in [-0.2, -0.15) is 27.1 Å². The molecular weight excluding hydrogens is 257 g/mol. The monoisotopic (exact) mass is 273 g/mol. The van der Waals surface area contributed by atoms with Gasteiger partial charge in [-0.3, -0.25) is 5.01 Å². The number of hydrogen-bond acceptors (Lipinski definition) is 3. The molecule has 0 bridgehead atoms.